The smallest absolute Gasteiger partial charge is 0.234 e. The summed E-state index contributed by atoms with van der Waals surface area (Å²) in [4.78, 5) is 14.3. The van der Waals surface area contributed by atoms with Crippen LogP contribution in [0.1, 0.15) is 19.3 Å². The number of rotatable bonds is 5. The Morgan fingerprint density at radius 3 is 2.91 bits per heavy atom. The molecule has 0 aliphatic carbocycles. The number of amides is 1. The fourth-order valence-corrected chi connectivity index (χ4v) is 4.97. The number of sulfone groups is 1. The molecule has 1 aromatic rings. The summed E-state index contributed by atoms with van der Waals surface area (Å²) in [5.74, 6) is 0.188. The number of likely N-dealkylation sites (tertiary alicyclic amines) is 1. The number of aromatic nitrogens is 2. The Labute approximate surface area is 130 Å². The number of carbonyl (C=O) groups excluding carboxylic acids is 1. The normalized spacial score (nSPS) is 28.0. The highest BCUT2D eigenvalue weighted by Crippen LogP contribution is 2.18. The SMILES string of the molecule is O=C(CN1CCC[C@@H]1Cn1cccn1)N[C@@H]1CCS(=O)(=O)C1. The zero-order valence-electron chi connectivity index (χ0n) is 12.5. The second-order valence-electron chi connectivity index (χ2n) is 6.16. The van der Waals surface area contributed by atoms with Crippen LogP contribution in [0.4, 0.5) is 0 Å². The van der Waals surface area contributed by atoms with Crippen molar-refractivity contribution in [2.24, 2.45) is 0 Å². The molecule has 2 saturated heterocycles. The van der Waals surface area contributed by atoms with Gasteiger partial charge in [-0.15, -0.1) is 0 Å². The van der Waals surface area contributed by atoms with E-state index in [1.165, 1.54) is 0 Å². The van der Waals surface area contributed by atoms with Gasteiger partial charge in [0.15, 0.2) is 9.84 Å². The summed E-state index contributed by atoms with van der Waals surface area (Å²) in [7, 11) is -2.95. The molecular weight excluding hydrogens is 304 g/mol. The molecule has 0 aromatic carbocycles. The number of hydrogen-bond acceptors (Lipinski definition) is 5. The monoisotopic (exact) mass is 326 g/mol. The average molecular weight is 326 g/mol. The molecule has 0 spiro atoms. The van der Waals surface area contributed by atoms with Crippen molar-refractivity contribution in [1.29, 1.82) is 0 Å². The molecule has 2 aliphatic heterocycles. The van der Waals surface area contributed by atoms with Crippen molar-refractivity contribution in [2.75, 3.05) is 24.6 Å². The number of hydrogen-bond donors (Lipinski definition) is 1. The van der Waals surface area contributed by atoms with Crippen molar-refractivity contribution < 1.29 is 13.2 Å². The molecule has 3 rings (SSSR count). The molecule has 2 atom stereocenters. The van der Waals surface area contributed by atoms with Crippen molar-refractivity contribution in [3.63, 3.8) is 0 Å². The molecule has 1 amide bonds. The first-order valence-electron chi connectivity index (χ1n) is 7.73. The van der Waals surface area contributed by atoms with Gasteiger partial charge < -0.3 is 5.32 Å². The number of nitrogens with one attached hydrogen (secondary N) is 1. The highest BCUT2D eigenvalue weighted by Gasteiger charge is 2.31. The van der Waals surface area contributed by atoms with E-state index in [1.54, 1.807) is 6.20 Å². The Bertz CT molecular complexity index is 614. The summed E-state index contributed by atoms with van der Waals surface area (Å²) in [5.41, 5.74) is 0. The molecule has 2 aliphatic rings. The van der Waals surface area contributed by atoms with Crippen LogP contribution < -0.4 is 5.32 Å². The summed E-state index contributed by atoms with van der Waals surface area (Å²) in [6.07, 6.45) is 6.36. The predicted molar refractivity (Wildman–Crippen MR) is 82.0 cm³/mol. The highest BCUT2D eigenvalue weighted by molar-refractivity contribution is 7.91. The summed E-state index contributed by atoms with van der Waals surface area (Å²) < 4.78 is 24.7. The van der Waals surface area contributed by atoms with Gasteiger partial charge in [-0.1, -0.05) is 0 Å². The van der Waals surface area contributed by atoms with Crippen LogP contribution in [-0.4, -0.2) is 65.7 Å². The largest absolute Gasteiger partial charge is 0.351 e. The molecule has 0 saturated carbocycles. The van der Waals surface area contributed by atoms with Crippen LogP contribution in [0.15, 0.2) is 18.5 Å². The third-order valence-corrected chi connectivity index (χ3v) is 6.17. The summed E-state index contributed by atoms with van der Waals surface area (Å²) in [6.45, 7) is 2.03. The Kier molecular flexibility index (Phi) is 4.49. The molecule has 3 heterocycles. The average Bonchev–Trinajstić information content (AvgIpc) is 3.14. The van der Waals surface area contributed by atoms with Gasteiger partial charge in [0.1, 0.15) is 0 Å². The molecule has 8 heteroatoms. The first-order chi connectivity index (χ1) is 10.5. The Hall–Kier alpha value is -1.41. The van der Waals surface area contributed by atoms with Crippen molar-refractivity contribution in [2.45, 2.75) is 37.9 Å². The van der Waals surface area contributed by atoms with Gasteiger partial charge in [0, 0.05) is 24.5 Å². The lowest BCUT2D eigenvalue weighted by Gasteiger charge is -2.24. The molecule has 0 unspecified atom stereocenters. The van der Waals surface area contributed by atoms with Crippen molar-refractivity contribution in [1.82, 2.24) is 20.0 Å². The van der Waals surface area contributed by atoms with E-state index in [2.05, 4.69) is 15.3 Å². The molecule has 122 valence electrons. The quantitative estimate of drug-likeness (QED) is 0.800. The third kappa shape index (κ3) is 3.86. The minimum Gasteiger partial charge on any atom is -0.351 e. The van der Waals surface area contributed by atoms with Gasteiger partial charge in [-0.3, -0.25) is 14.4 Å². The maximum Gasteiger partial charge on any atom is 0.234 e. The Balaban J connectivity index is 1.50. The minimum atomic E-state index is -2.95. The van der Waals surface area contributed by atoms with Crippen LogP contribution in [0.2, 0.25) is 0 Å². The molecule has 1 aromatic heterocycles. The zero-order chi connectivity index (χ0) is 15.6. The highest BCUT2D eigenvalue weighted by atomic mass is 32.2. The molecule has 22 heavy (non-hydrogen) atoms. The van der Waals surface area contributed by atoms with E-state index in [4.69, 9.17) is 0 Å². The second kappa shape index (κ2) is 6.37. The maximum atomic E-state index is 12.1. The maximum absolute atomic E-state index is 12.1. The molecular formula is C14H22N4O3S. The van der Waals surface area contributed by atoms with Crippen molar-refractivity contribution >= 4 is 15.7 Å². The lowest BCUT2D eigenvalue weighted by Crippen LogP contribution is -2.45. The third-order valence-electron chi connectivity index (χ3n) is 4.40. The van der Waals surface area contributed by atoms with Crippen LogP contribution in [0.5, 0.6) is 0 Å². The van der Waals surface area contributed by atoms with Crippen molar-refractivity contribution in [3.05, 3.63) is 18.5 Å². The van der Waals surface area contributed by atoms with E-state index in [1.807, 2.05) is 16.9 Å². The van der Waals surface area contributed by atoms with Crippen LogP contribution in [-0.2, 0) is 21.2 Å². The molecule has 0 radical (unpaired) electrons. The van der Waals surface area contributed by atoms with E-state index in [9.17, 15) is 13.2 Å². The van der Waals surface area contributed by atoms with Gasteiger partial charge in [-0.05, 0) is 31.9 Å². The van der Waals surface area contributed by atoms with Gasteiger partial charge >= 0.3 is 0 Å². The second-order valence-corrected chi connectivity index (χ2v) is 8.39. The summed E-state index contributed by atoms with van der Waals surface area (Å²) in [5, 5.41) is 7.07. The first kappa shape index (κ1) is 15.5. The van der Waals surface area contributed by atoms with Crippen LogP contribution in [0.3, 0.4) is 0 Å². The Morgan fingerprint density at radius 1 is 1.36 bits per heavy atom. The van der Waals surface area contributed by atoms with E-state index in [0.29, 0.717) is 19.0 Å². The fraction of sp³-hybridized carbons (Fsp3) is 0.714. The summed E-state index contributed by atoms with van der Waals surface area (Å²) >= 11 is 0. The topological polar surface area (TPSA) is 84.3 Å². The lowest BCUT2D eigenvalue weighted by molar-refractivity contribution is -0.123. The van der Waals surface area contributed by atoms with Gasteiger partial charge in [-0.2, -0.15) is 5.10 Å². The number of nitrogens with zero attached hydrogens (tertiary/aromatic N) is 3. The van der Waals surface area contributed by atoms with E-state index < -0.39 is 9.84 Å². The number of carbonyl (C=O) groups is 1. The fourth-order valence-electron chi connectivity index (χ4n) is 3.30. The Morgan fingerprint density at radius 2 is 2.23 bits per heavy atom. The molecule has 0 bridgehead atoms. The van der Waals surface area contributed by atoms with Gasteiger partial charge in [0.05, 0.1) is 24.6 Å². The van der Waals surface area contributed by atoms with E-state index in [0.717, 1.165) is 25.9 Å². The first-order valence-corrected chi connectivity index (χ1v) is 9.55. The van der Waals surface area contributed by atoms with Crippen LogP contribution >= 0.6 is 0 Å². The lowest BCUT2D eigenvalue weighted by atomic mass is 10.2. The van der Waals surface area contributed by atoms with Crippen molar-refractivity contribution in [3.8, 4) is 0 Å². The summed E-state index contributed by atoms with van der Waals surface area (Å²) in [6, 6.07) is 2.00. The van der Waals surface area contributed by atoms with Gasteiger partial charge in [-0.25, -0.2) is 8.42 Å². The van der Waals surface area contributed by atoms with Crippen LogP contribution in [0, 0.1) is 0 Å². The zero-order valence-corrected chi connectivity index (χ0v) is 13.3. The van der Waals surface area contributed by atoms with E-state index >= 15 is 0 Å². The van der Waals surface area contributed by atoms with Gasteiger partial charge in [0.25, 0.3) is 0 Å². The molecule has 1 N–H and O–H groups in total. The predicted octanol–water partition coefficient (Wildman–Crippen LogP) is -0.349. The van der Waals surface area contributed by atoms with Crippen LogP contribution in [0.25, 0.3) is 0 Å². The van der Waals surface area contributed by atoms with E-state index in [-0.39, 0.29) is 23.5 Å². The van der Waals surface area contributed by atoms with Gasteiger partial charge in [0.2, 0.25) is 5.91 Å². The molecule has 7 nitrogen and oxygen atoms in total. The molecule has 2 fully saturated rings. The standard InChI is InChI=1S/C14H22N4O3S/c19-14(16-12-4-8-22(20,21)11-12)10-17-6-1-3-13(17)9-18-7-2-5-15-18/h2,5,7,12-13H,1,3-4,6,8-11H2,(H,16,19)/t12-,13-/m1/s1. The minimum absolute atomic E-state index is 0.0746.